The van der Waals surface area contributed by atoms with Gasteiger partial charge in [-0.2, -0.15) is 5.10 Å². The zero-order valence-corrected chi connectivity index (χ0v) is 12.3. The largest absolute Gasteiger partial charge is 0.396 e. The number of benzene rings is 1. The van der Waals surface area contributed by atoms with Crippen LogP contribution in [0.4, 0.5) is 5.69 Å². The highest BCUT2D eigenvalue weighted by Gasteiger charge is 2.12. The average Bonchev–Trinajstić information content (AvgIpc) is 2.69. The zero-order valence-electron chi connectivity index (χ0n) is 10.7. The molecule has 0 aliphatic carbocycles. The van der Waals surface area contributed by atoms with E-state index in [1.807, 2.05) is 23.0 Å². The number of nitrogens with two attached hydrogens (primary N) is 1. The Hall–Kier alpha value is -1.29. The Balaban J connectivity index is 2.20. The van der Waals surface area contributed by atoms with Crippen LogP contribution in [-0.4, -0.2) is 9.78 Å². The van der Waals surface area contributed by atoms with E-state index in [2.05, 4.69) is 47.0 Å². The topological polar surface area (TPSA) is 43.8 Å². The summed E-state index contributed by atoms with van der Waals surface area (Å²) in [5, 5.41) is 4.58. The summed E-state index contributed by atoms with van der Waals surface area (Å²) in [7, 11) is 0. The van der Waals surface area contributed by atoms with Crippen molar-refractivity contribution in [2.75, 3.05) is 5.73 Å². The Labute approximate surface area is 116 Å². The number of nitrogens with zero attached hydrogens (tertiary/aromatic N) is 2. The predicted molar refractivity (Wildman–Crippen MR) is 78.6 cm³/mol. The van der Waals surface area contributed by atoms with Gasteiger partial charge in [-0.15, -0.1) is 0 Å². The van der Waals surface area contributed by atoms with Crippen molar-refractivity contribution in [3.8, 4) is 0 Å². The molecule has 0 fully saturated rings. The average molecular weight is 308 g/mol. The molecule has 0 amide bonds. The molecule has 0 saturated carbocycles. The fraction of sp³-hybridized carbons (Fsp3) is 0.357. The third-order valence-electron chi connectivity index (χ3n) is 3.13. The molecule has 1 aromatic heterocycles. The summed E-state index contributed by atoms with van der Waals surface area (Å²) < 4.78 is 3.00. The molecule has 2 rings (SSSR count). The van der Waals surface area contributed by atoms with Crippen molar-refractivity contribution in [1.29, 1.82) is 0 Å². The van der Waals surface area contributed by atoms with Crippen molar-refractivity contribution in [3.63, 3.8) is 0 Å². The lowest BCUT2D eigenvalue weighted by molar-refractivity contribution is 0.634. The Kier molecular flexibility index (Phi) is 4.07. The van der Waals surface area contributed by atoms with Gasteiger partial charge in [0, 0.05) is 16.6 Å². The Morgan fingerprint density at radius 1 is 1.44 bits per heavy atom. The van der Waals surface area contributed by atoms with Gasteiger partial charge >= 0.3 is 0 Å². The number of anilines is 1. The van der Waals surface area contributed by atoms with Gasteiger partial charge in [0.1, 0.15) is 0 Å². The van der Waals surface area contributed by atoms with Crippen LogP contribution in [-0.2, 0) is 6.54 Å². The molecule has 0 saturated heterocycles. The van der Waals surface area contributed by atoms with E-state index < -0.39 is 0 Å². The summed E-state index contributed by atoms with van der Waals surface area (Å²) in [6, 6.07) is 8.24. The molecule has 0 aliphatic rings. The SMILES string of the molecule is CCC(C)c1nn(Cc2cccc(Br)c2)cc1N. The first-order valence-electron chi connectivity index (χ1n) is 6.17. The van der Waals surface area contributed by atoms with E-state index in [0.717, 1.165) is 28.8 Å². The van der Waals surface area contributed by atoms with E-state index in [4.69, 9.17) is 5.73 Å². The third-order valence-corrected chi connectivity index (χ3v) is 3.63. The highest BCUT2D eigenvalue weighted by Crippen LogP contribution is 2.23. The summed E-state index contributed by atoms with van der Waals surface area (Å²) in [4.78, 5) is 0. The van der Waals surface area contributed by atoms with Crippen LogP contribution in [0.2, 0.25) is 0 Å². The molecular formula is C14H18BrN3. The molecule has 0 spiro atoms. The quantitative estimate of drug-likeness (QED) is 0.934. The van der Waals surface area contributed by atoms with E-state index in [0.29, 0.717) is 5.92 Å². The van der Waals surface area contributed by atoms with Crippen LogP contribution >= 0.6 is 15.9 Å². The first-order chi connectivity index (χ1) is 8.60. The minimum absolute atomic E-state index is 0.411. The number of halogens is 1. The lowest BCUT2D eigenvalue weighted by atomic mass is 10.0. The first kappa shape index (κ1) is 13.1. The van der Waals surface area contributed by atoms with Crippen molar-refractivity contribution in [2.24, 2.45) is 0 Å². The number of rotatable bonds is 4. The van der Waals surface area contributed by atoms with Gasteiger partial charge in [0.25, 0.3) is 0 Å². The fourth-order valence-electron chi connectivity index (χ4n) is 1.93. The van der Waals surface area contributed by atoms with Gasteiger partial charge in [-0.25, -0.2) is 0 Å². The van der Waals surface area contributed by atoms with Gasteiger partial charge in [-0.3, -0.25) is 4.68 Å². The summed E-state index contributed by atoms with van der Waals surface area (Å²) >= 11 is 3.48. The number of nitrogen functional groups attached to an aromatic ring is 1. The van der Waals surface area contributed by atoms with Crippen LogP contribution in [0.15, 0.2) is 34.9 Å². The second kappa shape index (κ2) is 5.57. The lowest BCUT2D eigenvalue weighted by Crippen LogP contribution is -2.02. The van der Waals surface area contributed by atoms with E-state index in [-0.39, 0.29) is 0 Å². The standard InChI is InChI=1S/C14H18BrN3/c1-3-10(2)14-13(16)9-18(17-14)8-11-5-4-6-12(15)7-11/h4-7,9-10H,3,8,16H2,1-2H3. The van der Waals surface area contributed by atoms with Crippen LogP contribution in [0, 0.1) is 0 Å². The molecule has 1 heterocycles. The molecule has 96 valence electrons. The molecule has 1 atom stereocenters. The van der Waals surface area contributed by atoms with Gasteiger partial charge in [0.2, 0.25) is 0 Å². The second-order valence-electron chi connectivity index (χ2n) is 4.61. The molecule has 3 nitrogen and oxygen atoms in total. The second-order valence-corrected chi connectivity index (χ2v) is 5.52. The van der Waals surface area contributed by atoms with Crippen LogP contribution in [0.1, 0.15) is 37.4 Å². The van der Waals surface area contributed by atoms with E-state index in [9.17, 15) is 0 Å². The molecule has 1 aromatic carbocycles. The Morgan fingerprint density at radius 3 is 2.89 bits per heavy atom. The van der Waals surface area contributed by atoms with E-state index in [1.165, 1.54) is 5.56 Å². The van der Waals surface area contributed by atoms with E-state index in [1.54, 1.807) is 0 Å². The Morgan fingerprint density at radius 2 is 2.22 bits per heavy atom. The minimum Gasteiger partial charge on any atom is -0.396 e. The van der Waals surface area contributed by atoms with Crippen molar-refractivity contribution in [1.82, 2.24) is 9.78 Å². The fourth-order valence-corrected chi connectivity index (χ4v) is 2.38. The summed E-state index contributed by atoms with van der Waals surface area (Å²) in [6.07, 6.45) is 2.97. The molecule has 18 heavy (non-hydrogen) atoms. The molecule has 2 aromatic rings. The monoisotopic (exact) mass is 307 g/mol. The van der Waals surface area contributed by atoms with Crippen molar-refractivity contribution >= 4 is 21.6 Å². The number of aromatic nitrogens is 2. The first-order valence-corrected chi connectivity index (χ1v) is 6.96. The van der Waals surface area contributed by atoms with Crippen LogP contribution in [0.25, 0.3) is 0 Å². The van der Waals surface area contributed by atoms with Gasteiger partial charge in [-0.1, -0.05) is 41.9 Å². The summed E-state index contributed by atoms with van der Waals surface area (Å²) in [5.41, 5.74) is 9.02. The van der Waals surface area contributed by atoms with Crippen LogP contribution in [0.5, 0.6) is 0 Å². The van der Waals surface area contributed by atoms with Gasteiger partial charge in [0.05, 0.1) is 17.9 Å². The van der Waals surface area contributed by atoms with E-state index >= 15 is 0 Å². The Bertz CT molecular complexity index is 534. The molecule has 4 heteroatoms. The smallest absolute Gasteiger partial charge is 0.0881 e. The summed E-state index contributed by atoms with van der Waals surface area (Å²) in [6.45, 7) is 5.06. The third kappa shape index (κ3) is 2.93. The van der Waals surface area contributed by atoms with Crippen molar-refractivity contribution < 1.29 is 0 Å². The zero-order chi connectivity index (χ0) is 13.1. The molecule has 1 unspecified atom stereocenters. The molecule has 0 aliphatic heterocycles. The highest BCUT2D eigenvalue weighted by atomic mass is 79.9. The predicted octanol–water partition coefficient (Wildman–Crippen LogP) is 3.79. The maximum absolute atomic E-state index is 6.01. The maximum Gasteiger partial charge on any atom is 0.0881 e. The van der Waals surface area contributed by atoms with Crippen molar-refractivity contribution in [3.05, 3.63) is 46.2 Å². The maximum atomic E-state index is 6.01. The normalized spacial score (nSPS) is 12.6. The minimum atomic E-state index is 0.411. The van der Waals surface area contributed by atoms with Gasteiger partial charge in [-0.05, 0) is 24.1 Å². The molecular weight excluding hydrogens is 290 g/mol. The highest BCUT2D eigenvalue weighted by molar-refractivity contribution is 9.10. The van der Waals surface area contributed by atoms with Crippen LogP contribution in [0.3, 0.4) is 0 Å². The lowest BCUT2D eigenvalue weighted by Gasteiger charge is -2.05. The molecule has 0 radical (unpaired) electrons. The van der Waals surface area contributed by atoms with Gasteiger partial charge in [0.15, 0.2) is 0 Å². The number of hydrogen-bond donors (Lipinski definition) is 1. The number of hydrogen-bond acceptors (Lipinski definition) is 2. The van der Waals surface area contributed by atoms with Crippen molar-refractivity contribution in [2.45, 2.75) is 32.7 Å². The molecule has 0 bridgehead atoms. The van der Waals surface area contributed by atoms with Gasteiger partial charge < -0.3 is 5.73 Å². The van der Waals surface area contributed by atoms with Crippen LogP contribution < -0.4 is 5.73 Å². The summed E-state index contributed by atoms with van der Waals surface area (Å²) in [5.74, 6) is 0.411. The molecule has 2 N–H and O–H groups in total.